The van der Waals surface area contributed by atoms with Crippen molar-refractivity contribution in [3.63, 3.8) is 0 Å². The van der Waals surface area contributed by atoms with Gasteiger partial charge in [-0.1, -0.05) is 12.1 Å². The Bertz CT molecular complexity index is 538. The van der Waals surface area contributed by atoms with Crippen LogP contribution in [0.3, 0.4) is 0 Å². The minimum atomic E-state index is -1.10. The van der Waals surface area contributed by atoms with Crippen molar-refractivity contribution >= 4 is 23.5 Å². The van der Waals surface area contributed by atoms with Crippen LogP contribution in [-0.4, -0.2) is 56.0 Å². The number of aromatic nitrogens is 2. The summed E-state index contributed by atoms with van der Waals surface area (Å²) in [5.74, 6) is 0.880. The normalized spacial score (nSPS) is 16.3. The molecule has 2 aromatic rings. The van der Waals surface area contributed by atoms with Crippen LogP contribution in [0.1, 0.15) is 0 Å². The van der Waals surface area contributed by atoms with E-state index in [1.165, 1.54) is 23.5 Å². The van der Waals surface area contributed by atoms with E-state index in [9.17, 15) is 10.2 Å². The third-order valence-electron chi connectivity index (χ3n) is 3.35. The van der Waals surface area contributed by atoms with Gasteiger partial charge in [0.25, 0.3) is 0 Å². The Hall–Kier alpha value is -1.16. The number of pyridine rings is 2. The summed E-state index contributed by atoms with van der Waals surface area (Å²) < 4.78 is 0. The van der Waals surface area contributed by atoms with Gasteiger partial charge < -0.3 is 21.7 Å². The van der Waals surface area contributed by atoms with Crippen LogP contribution >= 0.6 is 23.5 Å². The number of nitrogens with two attached hydrogens (primary N) is 2. The molecular weight excluding hydrogens is 344 g/mol. The molecular formula is C16H22N4O2S2. The number of nitrogens with zero attached hydrogens (tertiary/aromatic N) is 2. The number of aliphatic hydroxyl groups excluding tert-OH is 2. The van der Waals surface area contributed by atoms with Gasteiger partial charge in [-0.25, -0.2) is 9.97 Å². The minimum Gasteiger partial charge on any atom is -0.389 e. The van der Waals surface area contributed by atoms with Gasteiger partial charge in [-0.3, -0.25) is 0 Å². The smallest absolute Gasteiger partial charge is 0.0973 e. The van der Waals surface area contributed by atoms with E-state index in [2.05, 4.69) is 9.97 Å². The maximum Gasteiger partial charge on any atom is 0.0973 e. The molecule has 0 amide bonds. The standard InChI is InChI=1S/C16H22N4O2S2/c17-11(9-23-13-5-1-3-7-19-13)15(21)16(22)12(18)10-24-14-6-2-4-8-20-14/h1-8,11-12,15-16,21-22H,9-10,17-18H2/t11-,12-,15+,16+/m0/s1. The maximum atomic E-state index is 10.2. The highest BCUT2D eigenvalue weighted by molar-refractivity contribution is 7.99. The number of thioether (sulfide) groups is 2. The molecule has 2 aromatic heterocycles. The Kier molecular flexibility index (Phi) is 7.97. The van der Waals surface area contributed by atoms with Gasteiger partial charge in [0.1, 0.15) is 0 Å². The van der Waals surface area contributed by atoms with E-state index in [-0.39, 0.29) is 0 Å². The van der Waals surface area contributed by atoms with Crippen LogP contribution in [0, 0.1) is 0 Å². The molecule has 4 atom stereocenters. The monoisotopic (exact) mass is 366 g/mol. The van der Waals surface area contributed by atoms with Crippen LogP contribution < -0.4 is 11.5 Å². The van der Waals surface area contributed by atoms with Crippen molar-refractivity contribution in [3.8, 4) is 0 Å². The van der Waals surface area contributed by atoms with E-state index in [1.54, 1.807) is 12.4 Å². The molecule has 0 aliphatic rings. The van der Waals surface area contributed by atoms with Gasteiger partial charge in [-0.15, -0.1) is 23.5 Å². The third-order valence-corrected chi connectivity index (χ3v) is 5.53. The Morgan fingerprint density at radius 3 is 1.54 bits per heavy atom. The second-order valence-electron chi connectivity index (χ2n) is 5.27. The van der Waals surface area contributed by atoms with Crippen LogP contribution in [-0.2, 0) is 0 Å². The van der Waals surface area contributed by atoms with Gasteiger partial charge in [0.05, 0.1) is 22.3 Å². The van der Waals surface area contributed by atoms with E-state index in [1.807, 2.05) is 36.4 Å². The second kappa shape index (κ2) is 9.97. The molecule has 6 N–H and O–H groups in total. The summed E-state index contributed by atoms with van der Waals surface area (Å²) in [4.78, 5) is 8.36. The quantitative estimate of drug-likeness (QED) is 0.480. The minimum absolute atomic E-state index is 0.440. The average Bonchev–Trinajstić information content (AvgIpc) is 2.64. The van der Waals surface area contributed by atoms with Crippen molar-refractivity contribution in [2.75, 3.05) is 11.5 Å². The number of hydrogen-bond donors (Lipinski definition) is 4. The molecule has 0 radical (unpaired) electrons. The van der Waals surface area contributed by atoms with Crippen molar-refractivity contribution in [2.24, 2.45) is 11.5 Å². The number of hydrogen-bond acceptors (Lipinski definition) is 8. The second-order valence-corrected chi connectivity index (χ2v) is 7.35. The molecule has 2 rings (SSSR count). The average molecular weight is 367 g/mol. The molecule has 8 heteroatoms. The van der Waals surface area contributed by atoms with Gasteiger partial charge in [-0.2, -0.15) is 0 Å². The van der Waals surface area contributed by atoms with Gasteiger partial charge in [0.15, 0.2) is 0 Å². The molecule has 0 bridgehead atoms. The molecule has 0 unspecified atom stereocenters. The van der Waals surface area contributed by atoms with Gasteiger partial charge >= 0.3 is 0 Å². The summed E-state index contributed by atoms with van der Waals surface area (Å²) in [5.41, 5.74) is 12.0. The molecule has 6 nitrogen and oxygen atoms in total. The molecule has 2 heterocycles. The molecule has 0 spiro atoms. The van der Waals surface area contributed by atoms with E-state index < -0.39 is 24.3 Å². The molecule has 24 heavy (non-hydrogen) atoms. The van der Waals surface area contributed by atoms with Crippen LogP contribution in [0.2, 0.25) is 0 Å². The first-order valence-corrected chi connectivity index (χ1v) is 9.50. The zero-order valence-electron chi connectivity index (χ0n) is 13.1. The van der Waals surface area contributed by atoms with Gasteiger partial charge in [0.2, 0.25) is 0 Å². The number of rotatable bonds is 9. The highest BCUT2D eigenvalue weighted by Gasteiger charge is 2.28. The molecule has 0 aliphatic carbocycles. The topological polar surface area (TPSA) is 118 Å². The summed E-state index contributed by atoms with van der Waals surface area (Å²) in [5, 5.41) is 22.1. The third kappa shape index (κ3) is 6.04. The fraction of sp³-hybridized carbons (Fsp3) is 0.375. The van der Waals surface area contributed by atoms with Crippen molar-refractivity contribution in [1.29, 1.82) is 0 Å². The fourth-order valence-electron chi connectivity index (χ4n) is 1.93. The van der Waals surface area contributed by atoms with E-state index >= 15 is 0 Å². The zero-order valence-corrected chi connectivity index (χ0v) is 14.7. The van der Waals surface area contributed by atoms with Gasteiger partial charge in [0, 0.05) is 36.0 Å². The van der Waals surface area contributed by atoms with Gasteiger partial charge in [-0.05, 0) is 24.3 Å². The molecule has 0 saturated carbocycles. The van der Waals surface area contributed by atoms with E-state index in [0.29, 0.717) is 11.5 Å². The molecule has 0 aliphatic heterocycles. The van der Waals surface area contributed by atoms with Crippen molar-refractivity contribution < 1.29 is 10.2 Å². The first-order chi connectivity index (χ1) is 11.6. The maximum absolute atomic E-state index is 10.2. The van der Waals surface area contributed by atoms with Crippen LogP contribution in [0.4, 0.5) is 0 Å². The molecule has 0 fully saturated rings. The summed E-state index contributed by atoms with van der Waals surface area (Å²) in [7, 11) is 0. The van der Waals surface area contributed by atoms with Crippen LogP contribution in [0.25, 0.3) is 0 Å². The highest BCUT2D eigenvalue weighted by Crippen LogP contribution is 2.19. The largest absolute Gasteiger partial charge is 0.389 e. The lowest BCUT2D eigenvalue weighted by molar-refractivity contribution is -0.00190. The van der Waals surface area contributed by atoms with Crippen LogP contribution in [0.5, 0.6) is 0 Å². The predicted octanol–water partition coefficient (Wildman–Crippen LogP) is 0.737. The first-order valence-electron chi connectivity index (χ1n) is 7.53. The Morgan fingerprint density at radius 2 is 1.21 bits per heavy atom. The van der Waals surface area contributed by atoms with E-state index in [0.717, 1.165) is 10.1 Å². The van der Waals surface area contributed by atoms with Crippen LogP contribution in [0.15, 0.2) is 58.8 Å². The lowest BCUT2D eigenvalue weighted by Crippen LogP contribution is -2.52. The highest BCUT2D eigenvalue weighted by atomic mass is 32.2. The zero-order chi connectivity index (χ0) is 17.4. The Balaban J connectivity index is 1.78. The molecule has 0 aromatic carbocycles. The Morgan fingerprint density at radius 1 is 0.792 bits per heavy atom. The summed E-state index contributed by atoms with van der Waals surface area (Å²) >= 11 is 2.87. The Labute approximate surface area is 150 Å². The van der Waals surface area contributed by atoms with Crippen molar-refractivity contribution in [2.45, 2.75) is 34.3 Å². The summed E-state index contributed by atoms with van der Waals surface area (Å²) in [6.07, 6.45) is 1.20. The molecule has 0 saturated heterocycles. The number of aliphatic hydroxyl groups is 2. The SMILES string of the molecule is N[C@@H](CSc1ccccn1)[C@@H](O)[C@H](O)[C@@H](N)CSc1ccccn1. The first kappa shape index (κ1) is 19.2. The summed E-state index contributed by atoms with van der Waals surface area (Å²) in [6.45, 7) is 0. The van der Waals surface area contributed by atoms with E-state index in [4.69, 9.17) is 11.5 Å². The predicted molar refractivity (Wildman–Crippen MR) is 97.9 cm³/mol. The van der Waals surface area contributed by atoms with Crippen molar-refractivity contribution in [1.82, 2.24) is 9.97 Å². The lowest BCUT2D eigenvalue weighted by Gasteiger charge is -2.27. The fourth-order valence-corrected chi connectivity index (χ4v) is 3.67. The molecule has 130 valence electrons. The van der Waals surface area contributed by atoms with Crippen molar-refractivity contribution in [3.05, 3.63) is 48.8 Å². The summed E-state index contributed by atoms with van der Waals surface area (Å²) in [6, 6.07) is 9.98. The lowest BCUT2D eigenvalue weighted by atomic mass is 10.0.